The van der Waals surface area contributed by atoms with Gasteiger partial charge >= 0.3 is 0 Å². The van der Waals surface area contributed by atoms with Gasteiger partial charge in [-0.25, -0.2) is 13.1 Å². The van der Waals surface area contributed by atoms with Crippen molar-refractivity contribution in [3.63, 3.8) is 0 Å². The Balaban J connectivity index is 2.37. The summed E-state index contributed by atoms with van der Waals surface area (Å²) in [5.74, 6) is 0. The smallest absolute Gasteiger partial charge is 0.293 e. The third-order valence-corrected chi connectivity index (χ3v) is 4.61. The van der Waals surface area contributed by atoms with E-state index in [9.17, 15) is 18.5 Å². The predicted octanol–water partition coefficient (Wildman–Crippen LogP) is 2.25. The van der Waals surface area contributed by atoms with Crippen molar-refractivity contribution < 1.29 is 13.3 Å². The quantitative estimate of drug-likeness (QED) is 0.641. The van der Waals surface area contributed by atoms with Crippen LogP contribution >= 0.6 is 0 Å². The number of hydrogen-bond donors (Lipinski definition) is 2. The first-order valence-corrected chi connectivity index (χ1v) is 8.16. The molecule has 0 heterocycles. The first kappa shape index (κ1) is 15.7. The van der Waals surface area contributed by atoms with Gasteiger partial charge in [-0.05, 0) is 45.7 Å². The molecule has 1 aliphatic carbocycles. The molecule has 116 valence electrons. The van der Waals surface area contributed by atoms with E-state index >= 15 is 0 Å². The minimum Gasteiger partial charge on any atom is -0.377 e. The van der Waals surface area contributed by atoms with Crippen molar-refractivity contribution in [1.82, 2.24) is 4.72 Å². The van der Waals surface area contributed by atoms with Crippen LogP contribution in [-0.2, 0) is 10.0 Å². The zero-order valence-electron chi connectivity index (χ0n) is 12.2. The number of nitro groups is 1. The van der Waals surface area contributed by atoms with Gasteiger partial charge in [-0.2, -0.15) is 0 Å². The minimum atomic E-state index is -3.79. The van der Waals surface area contributed by atoms with E-state index in [4.69, 9.17) is 0 Å². The zero-order chi connectivity index (χ0) is 15.8. The van der Waals surface area contributed by atoms with Crippen molar-refractivity contribution in [2.75, 3.05) is 5.32 Å². The largest absolute Gasteiger partial charge is 0.377 e. The van der Waals surface area contributed by atoms with E-state index in [0.29, 0.717) is 5.69 Å². The number of nitro benzene ring substituents is 1. The molecule has 0 unspecified atom stereocenters. The molecule has 1 fully saturated rings. The molecule has 0 amide bonds. The number of nitrogens with one attached hydrogen (secondary N) is 2. The van der Waals surface area contributed by atoms with Crippen molar-refractivity contribution in [2.45, 2.75) is 50.1 Å². The van der Waals surface area contributed by atoms with Gasteiger partial charge in [-0.15, -0.1) is 0 Å². The summed E-state index contributed by atoms with van der Waals surface area (Å²) in [6, 6.07) is 4.18. The Hall–Kier alpha value is -1.67. The molecule has 8 heteroatoms. The lowest BCUT2D eigenvalue weighted by molar-refractivity contribution is -0.384. The summed E-state index contributed by atoms with van der Waals surface area (Å²) in [7, 11) is -3.79. The van der Waals surface area contributed by atoms with E-state index in [2.05, 4.69) is 10.0 Å². The Morgan fingerprint density at radius 1 is 1.29 bits per heavy atom. The maximum absolute atomic E-state index is 12.2. The lowest BCUT2D eigenvalue weighted by Gasteiger charge is -2.20. The van der Waals surface area contributed by atoms with Crippen LogP contribution in [0.3, 0.4) is 0 Å². The second kappa shape index (κ2) is 5.27. The predicted molar refractivity (Wildman–Crippen MR) is 79.8 cm³/mol. The first-order valence-electron chi connectivity index (χ1n) is 6.67. The van der Waals surface area contributed by atoms with Gasteiger partial charge in [0.1, 0.15) is 5.69 Å². The molecule has 1 saturated carbocycles. The van der Waals surface area contributed by atoms with Crippen LogP contribution in [0.15, 0.2) is 23.1 Å². The molecule has 1 aromatic carbocycles. The van der Waals surface area contributed by atoms with Crippen LogP contribution in [0.1, 0.15) is 33.6 Å². The highest BCUT2D eigenvalue weighted by Crippen LogP contribution is 2.32. The van der Waals surface area contributed by atoms with Crippen molar-refractivity contribution >= 4 is 21.4 Å². The van der Waals surface area contributed by atoms with Gasteiger partial charge in [-0.1, -0.05) is 0 Å². The SMILES string of the molecule is CC(C)(C)NS(=O)(=O)c1ccc(NC2CC2)c([N+](=O)[O-])c1. The number of benzene rings is 1. The van der Waals surface area contributed by atoms with Crippen LogP contribution in [-0.4, -0.2) is 24.9 Å². The minimum absolute atomic E-state index is 0.106. The number of nitrogens with zero attached hydrogens (tertiary/aromatic N) is 1. The first-order chi connectivity index (χ1) is 9.58. The second-order valence-electron chi connectivity index (χ2n) is 6.21. The van der Waals surface area contributed by atoms with E-state index in [1.165, 1.54) is 12.1 Å². The highest BCUT2D eigenvalue weighted by Gasteiger charge is 2.28. The maximum atomic E-state index is 12.2. The molecule has 0 aliphatic heterocycles. The molecule has 0 saturated heterocycles. The molecule has 0 atom stereocenters. The Morgan fingerprint density at radius 3 is 2.38 bits per heavy atom. The summed E-state index contributed by atoms with van der Waals surface area (Å²) >= 11 is 0. The third kappa shape index (κ3) is 4.15. The van der Waals surface area contributed by atoms with Crippen LogP contribution in [0.4, 0.5) is 11.4 Å². The summed E-state index contributed by atoms with van der Waals surface area (Å²) in [5.41, 5.74) is -0.519. The van der Waals surface area contributed by atoms with Crippen LogP contribution in [0.5, 0.6) is 0 Å². The number of rotatable bonds is 5. The lowest BCUT2D eigenvalue weighted by Crippen LogP contribution is -2.40. The average Bonchev–Trinajstić information content (AvgIpc) is 3.09. The van der Waals surface area contributed by atoms with Gasteiger partial charge in [0.15, 0.2) is 0 Å². The van der Waals surface area contributed by atoms with Gasteiger partial charge in [0.2, 0.25) is 10.0 Å². The standard InChI is InChI=1S/C13H19N3O4S/c1-13(2,3)15-21(19,20)10-6-7-11(14-9-4-5-9)12(8-10)16(17)18/h6-9,14-15H,4-5H2,1-3H3. The van der Waals surface area contributed by atoms with E-state index in [1.807, 2.05) is 0 Å². The van der Waals surface area contributed by atoms with E-state index in [0.717, 1.165) is 18.9 Å². The molecule has 0 bridgehead atoms. The highest BCUT2D eigenvalue weighted by atomic mass is 32.2. The molecular formula is C13H19N3O4S. The number of hydrogen-bond acceptors (Lipinski definition) is 5. The molecule has 1 aromatic rings. The monoisotopic (exact) mass is 313 g/mol. The Labute approximate surface area is 123 Å². The van der Waals surface area contributed by atoms with Crippen molar-refractivity contribution in [1.29, 1.82) is 0 Å². The summed E-state index contributed by atoms with van der Waals surface area (Å²) in [6.07, 6.45) is 1.95. The summed E-state index contributed by atoms with van der Waals surface area (Å²) < 4.78 is 26.9. The molecule has 2 rings (SSSR count). The molecule has 1 aliphatic rings. The summed E-state index contributed by atoms with van der Waals surface area (Å²) in [6.45, 7) is 5.13. The summed E-state index contributed by atoms with van der Waals surface area (Å²) in [4.78, 5) is 10.5. The van der Waals surface area contributed by atoms with Gasteiger partial charge in [-0.3, -0.25) is 10.1 Å². The third-order valence-electron chi connectivity index (χ3n) is 2.85. The van der Waals surface area contributed by atoms with Gasteiger partial charge in [0.05, 0.1) is 9.82 Å². The maximum Gasteiger partial charge on any atom is 0.293 e. The fourth-order valence-corrected chi connectivity index (χ4v) is 3.30. The Bertz CT molecular complexity index is 660. The molecule has 2 N–H and O–H groups in total. The van der Waals surface area contributed by atoms with Crippen LogP contribution in [0, 0.1) is 10.1 Å². The molecule has 0 aromatic heterocycles. The Kier molecular flexibility index (Phi) is 3.94. The molecule has 0 radical (unpaired) electrons. The van der Waals surface area contributed by atoms with Crippen LogP contribution in [0.25, 0.3) is 0 Å². The fourth-order valence-electron chi connectivity index (χ4n) is 1.86. The second-order valence-corrected chi connectivity index (χ2v) is 7.89. The van der Waals surface area contributed by atoms with E-state index < -0.39 is 20.5 Å². The van der Waals surface area contributed by atoms with Crippen molar-refractivity contribution in [3.8, 4) is 0 Å². The lowest BCUT2D eigenvalue weighted by atomic mass is 10.1. The number of anilines is 1. The topological polar surface area (TPSA) is 101 Å². The fraction of sp³-hybridized carbons (Fsp3) is 0.538. The molecule has 7 nitrogen and oxygen atoms in total. The number of sulfonamides is 1. The Morgan fingerprint density at radius 2 is 1.90 bits per heavy atom. The van der Waals surface area contributed by atoms with Crippen molar-refractivity contribution in [2.24, 2.45) is 0 Å². The van der Waals surface area contributed by atoms with Gasteiger partial charge in [0.25, 0.3) is 5.69 Å². The van der Waals surface area contributed by atoms with Crippen LogP contribution < -0.4 is 10.0 Å². The summed E-state index contributed by atoms with van der Waals surface area (Å²) in [5, 5.41) is 14.2. The zero-order valence-corrected chi connectivity index (χ0v) is 13.0. The van der Waals surface area contributed by atoms with Gasteiger partial charge < -0.3 is 5.32 Å². The normalized spacial score (nSPS) is 15.8. The average molecular weight is 313 g/mol. The molecular weight excluding hydrogens is 294 g/mol. The van der Waals surface area contributed by atoms with Crippen molar-refractivity contribution in [3.05, 3.63) is 28.3 Å². The molecule has 21 heavy (non-hydrogen) atoms. The van der Waals surface area contributed by atoms with E-state index in [-0.39, 0.29) is 16.6 Å². The van der Waals surface area contributed by atoms with Gasteiger partial charge in [0, 0.05) is 17.6 Å². The molecule has 0 spiro atoms. The van der Waals surface area contributed by atoms with E-state index in [1.54, 1.807) is 20.8 Å². The van der Waals surface area contributed by atoms with Crippen LogP contribution in [0.2, 0.25) is 0 Å². The highest BCUT2D eigenvalue weighted by molar-refractivity contribution is 7.89.